The van der Waals surface area contributed by atoms with Crippen molar-refractivity contribution in [3.63, 3.8) is 0 Å². The van der Waals surface area contributed by atoms with Crippen molar-refractivity contribution >= 4 is 5.69 Å². The predicted molar refractivity (Wildman–Crippen MR) is 81.6 cm³/mol. The highest BCUT2D eigenvalue weighted by Gasteiger charge is 2.19. The van der Waals surface area contributed by atoms with Crippen molar-refractivity contribution in [2.24, 2.45) is 5.92 Å². The Balaban J connectivity index is 1.65. The summed E-state index contributed by atoms with van der Waals surface area (Å²) < 4.78 is 5.35. The minimum Gasteiger partial charge on any atom is -0.444 e. The first-order chi connectivity index (χ1) is 9.85. The van der Waals surface area contributed by atoms with Gasteiger partial charge in [0.05, 0.1) is 6.20 Å². The van der Waals surface area contributed by atoms with E-state index in [1.807, 2.05) is 0 Å². The van der Waals surface area contributed by atoms with Gasteiger partial charge in [-0.25, -0.2) is 4.98 Å². The first-order valence-electron chi connectivity index (χ1n) is 7.60. The number of oxazole rings is 1. The van der Waals surface area contributed by atoms with E-state index in [1.54, 1.807) is 6.20 Å². The average Bonchev–Trinajstić information content (AvgIpc) is 3.03. The molecule has 1 N–H and O–H groups in total. The van der Waals surface area contributed by atoms with Crippen LogP contribution in [0.25, 0.3) is 11.3 Å². The van der Waals surface area contributed by atoms with Gasteiger partial charge in [0.15, 0.2) is 12.2 Å². The van der Waals surface area contributed by atoms with Crippen molar-refractivity contribution in [2.75, 3.05) is 5.32 Å². The molecule has 1 saturated carbocycles. The van der Waals surface area contributed by atoms with E-state index in [2.05, 4.69) is 41.5 Å². The fraction of sp³-hybridized carbons (Fsp3) is 0.471. The number of rotatable bonds is 4. The fourth-order valence-corrected chi connectivity index (χ4v) is 3.07. The Hall–Kier alpha value is -1.77. The van der Waals surface area contributed by atoms with Crippen LogP contribution in [0.4, 0.5) is 5.69 Å². The van der Waals surface area contributed by atoms with E-state index >= 15 is 0 Å². The molecule has 0 aliphatic heterocycles. The number of aromatic nitrogens is 1. The summed E-state index contributed by atoms with van der Waals surface area (Å²) in [6, 6.07) is 9.01. The van der Waals surface area contributed by atoms with E-state index in [-0.39, 0.29) is 0 Å². The average molecular weight is 270 g/mol. The van der Waals surface area contributed by atoms with Crippen LogP contribution < -0.4 is 5.32 Å². The summed E-state index contributed by atoms with van der Waals surface area (Å²) in [6.45, 7) is 2.30. The van der Waals surface area contributed by atoms with Crippen LogP contribution in [0.2, 0.25) is 0 Å². The SMILES string of the molecule is CCC1CCC(Nc2cccc(-c3cnco3)c2)CC1. The Morgan fingerprint density at radius 2 is 2.10 bits per heavy atom. The van der Waals surface area contributed by atoms with Gasteiger partial charge in [0, 0.05) is 17.3 Å². The van der Waals surface area contributed by atoms with Crippen molar-refractivity contribution in [3.8, 4) is 11.3 Å². The molecule has 2 aromatic rings. The van der Waals surface area contributed by atoms with Crippen LogP contribution in [0, 0.1) is 5.92 Å². The maximum Gasteiger partial charge on any atom is 0.181 e. The second-order valence-corrected chi connectivity index (χ2v) is 5.72. The largest absolute Gasteiger partial charge is 0.444 e. The first kappa shape index (κ1) is 13.2. The van der Waals surface area contributed by atoms with E-state index < -0.39 is 0 Å². The second kappa shape index (κ2) is 6.12. The standard InChI is InChI=1S/C17H22N2O/c1-2-13-6-8-15(9-7-13)19-16-5-3-4-14(10-16)17-11-18-12-20-17/h3-5,10-13,15,19H,2,6-9H2,1H3. The number of benzene rings is 1. The molecule has 0 unspecified atom stereocenters. The Morgan fingerprint density at radius 1 is 1.25 bits per heavy atom. The highest BCUT2D eigenvalue weighted by molar-refractivity contribution is 5.63. The second-order valence-electron chi connectivity index (χ2n) is 5.72. The number of hydrogen-bond donors (Lipinski definition) is 1. The molecule has 3 nitrogen and oxygen atoms in total. The van der Waals surface area contributed by atoms with Gasteiger partial charge in [0.1, 0.15) is 0 Å². The van der Waals surface area contributed by atoms with Crippen molar-refractivity contribution in [1.82, 2.24) is 4.98 Å². The third-order valence-electron chi connectivity index (χ3n) is 4.37. The highest BCUT2D eigenvalue weighted by atomic mass is 16.3. The summed E-state index contributed by atoms with van der Waals surface area (Å²) in [4.78, 5) is 3.97. The molecule has 0 amide bonds. The molecule has 1 aliphatic rings. The van der Waals surface area contributed by atoms with Gasteiger partial charge in [0.2, 0.25) is 0 Å². The van der Waals surface area contributed by atoms with Crippen LogP contribution in [-0.4, -0.2) is 11.0 Å². The lowest BCUT2D eigenvalue weighted by atomic mass is 9.84. The normalized spacial score (nSPS) is 22.6. The molecule has 1 aromatic heterocycles. The van der Waals surface area contributed by atoms with Gasteiger partial charge < -0.3 is 9.73 Å². The van der Waals surface area contributed by atoms with Gasteiger partial charge in [-0.15, -0.1) is 0 Å². The van der Waals surface area contributed by atoms with E-state index in [9.17, 15) is 0 Å². The Labute approximate surface area is 120 Å². The molecule has 0 saturated heterocycles. The van der Waals surface area contributed by atoms with Crippen molar-refractivity contribution < 1.29 is 4.42 Å². The molecular formula is C17H22N2O. The summed E-state index contributed by atoms with van der Waals surface area (Å²) in [5.41, 5.74) is 2.26. The molecule has 1 aliphatic carbocycles. The van der Waals surface area contributed by atoms with E-state index in [0.29, 0.717) is 6.04 Å². The van der Waals surface area contributed by atoms with Crippen molar-refractivity contribution in [3.05, 3.63) is 36.9 Å². The number of nitrogens with one attached hydrogen (secondary N) is 1. The van der Waals surface area contributed by atoms with Crippen LogP contribution in [0.1, 0.15) is 39.0 Å². The molecule has 106 valence electrons. The van der Waals surface area contributed by atoms with Crippen LogP contribution in [0.15, 0.2) is 41.3 Å². The summed E-state index contributed by atoms with van der Waals surface area (Å²) in [7, 11) is 0. The summed E-state index contributed by atoms with van der Waals surface area (Å²) in [5, 5.41) is 3.67. The first-order valence-corrected chi connectivity index (χ1v) is 7.60. The van der Waals surface area contributed by atoms with Gasteiger partial charge >= 0.3 is 0 Å². The molecule has 0 atom stereocenters. The van der Waals surface area contributed by atoms with Gasteiger partial charge in [-0.05, 0) is 43.7 Å². The lowest BCUT2D eigenvalue weighted by Crippen LogP contribution is -2.25. The van der Waals surface area contributed by atoms with E-state index in [1.165, 1.54) is 44.2 Å². The van der Waals surface area contributed by atoms with Gasteiger partial charge in [0.25, 0.3) is 0 Å². The van der Waals surface area contributed by atoms with Crippen LogP contribution in [0.3, 0.4) is 0 Å². The molecule has 1 aromatic carbocycles. The highest BCUT2D eigenvalue weighted by Crippen LogP contribution is 2.29. The summed E-state index contributed by atoms with van der Waals surface area (Å²) in [5.74, 6) is 1.76. The quantitative estimate of drug-likeness (QED) is 0.873. The van der Waals surface area contributed by atoms with Gasteiger partial charge in [-0.1, -0.05) is 25.5 Å². The predicted octanol–water partition coefficient (Wildman–Crippen LogP) is 4.72. The molecule has 20 heavy (non-hydrogen) atoms. The third-order valence-corrected chi connectivity index (χ3v) is 4.37. The molecular weight excluding hydrogens is 248 g/mol. The number of nitrogens with zero attached hydrogens (tertiary/aromatic N) is 1. The zero-order valence-electron chi connectivity index (χ0n) is 12.0. The monoisotopic (exact) mass is 270 g/mol. The molecule has 0 bridgehead atoms. The Kier molecular flexibility index (Phi) is 4.05. The Morgan fingerprint density at radius 3 is 2.80 bits per heavy atom. The maximum absolute atomic E-state index is 5.35. The van der Waals surface area contributed by atoms with Crippen LogP contribution in [0.5, 0.6) is 0 Å². The zero-order chi connectivity index (χ0) is 13.8. The molecule has 3 heteroatoms. The van der Waals surface area contributed by atoms with E-state index in [4.69, 9.17) is 4.42 Å². The Bertz CT molecular complexity index is 528. The van der Waals surface area contributed by atoms with Crippen LogP contribution >= 0.6 is 0 Å². The minimum absolute atomic E-state index is 0.614. The number of anilines is 1. The van der Waals surface area contributed by atoms with Gasteiger partial charge in [-0.2, -0.15) is 0 Å². The topological polar surface area (TPSA) is 38.1 Å². The minimum atomic E-state index is 0.614. The summed E-state index contributed by atoms with van der Waals surface area (Å²) in [6.07, 6.45) is 9.84. The van der Waals surface area contributed by atoms with Crippen LogP contribution in [-0.2, 0) is 0 Å². The fourth-order valence-electron chi connectivity index (χ4n) is 3.07. The molecule has 0 spiro atoms. The lowest BCUT2D eigenvalue weighted by molar-refractivity contribution is 0.330. The van der Waals surface area contributed by atoms with Crippen molar-refractivity contribution in [1.29, 1.82) is 0 Å². The van der Waals surface area contributed by atoms with Gasteiger partial charge in [-0.3, -0.25) is 0 Å². The molecule has 3 rings (SSSR count). The number of hydrogen-bond acceptors (Lipinski definition) is 3. The molecule has 1 fully saturated rings. The van der Waals surface area contributed by atoms with E-state index in [0.717, 1.165) is 17.2 Å². The molecule has 0 radical (unpaired) electrons. The zero-order valence-corrected chi connectivity index (χ0v) is 12.0. The lowest BCUT2D eigenvalue weighted by Gasteiger charge is -2.29. The van der Waals surface area contributed by atoms with Crippen molar-refractivity contribution in [2.45, 2.75) is 45.1 Å². The smallest absolute Gasteiger partial charge is 0.181 e. The third kappa shape index (κ3) is 3.03. The summed E-state index contributed by atoms with van der Waals surface area (Å²) >= 11 is 0. The molecule has 1 heterocycles. The maximum atomic E-state index is 5.35.